The molecule has 2 bridgehead atoms. The van der Waals surface area contributed by atoms with Gasteiger partial charge in [-0.2, -0.15) is 0 Å². The topological polar surface area (TPSA) is 12.0 Å². The van der Waals surface area contributed by atoms with Crippen LogP contribution in [0.4, 0.5) is 0 Å². The molecule has 0 aromatic carbocycles. The molecule has 3 rings (SSSR count). The van der Waals surface area contributed by atoms with Crippen LogP contribution in [-0.2, 0) is 0 Å². The molecule has 0 aromatic heterocycles. The Balaban J connectivity index is 1.57. The molecular formula is C14H25N. The van der Waals surface area contributed by atoms with Gasteiger partial charge in [-0.25, -0.2) is 0 Å². The van der Waals surface area contributed by atoms with Gasteiger partial charge in [0.25, 0.3) is 0 Å². The summed E-state index contributed by atoms with van der Waals surface area (Å²) in [5.41, 5.74) is 0. The van der Waals surface area contributed by atoms with Gasteiger partial charge in [-0.15, -0.1) is 0 Å². The first-order valence-electron chi connectivity index (χ1n) is 7.00. The summed E-state index contributed by atoms with van der Waals surface area (Å²) >= 11 is 0. The van der Waals surface area contributed by atoms with Crippen molar-refractivity contribution in [2.24, 2.45) is 23.7 Å². The van der Waals surface area contributed by atoms with E-state index in [-0.39, 0.29) is 0 Å². The molecule has 1 N–H and O–H groups in total. The molecule has 0 radical (unpaired) electrons. The van der Waals surface area contributed by atoms with Crippen LogP contribution in [0.3, 0.4) is 0 Å². The first kappa shape index (κ1) is 10.1. The molecule has 15 heavy (non-hydrogen) atoms. The van der Waals surface area contributed by atoms with Crippen LogP contribution in [0.5, 0.6) is 0 Å². The normalized spacial score (nSPS) is 54.0. The van der Waals surface area contributed by atoms with Gasteiger partial charge in [-0.3, -0.25) is 0 Å². The van der Waals surface area contributed by atoms with Gasteiger partial charge < -0.3 is 5.32 Å². The Kier molecular flexibility index (Phi) is 2.54. The fourth-order valence-corrected chi connectivity index (χ4v) is 4.32. The molecule has 86 valence electrons. The van der Waals surface area contributed by atoms with E-state index in [1.165, 1.54) is 38.5 Å². The second-order valence-electron chi connectivity index (χ2n) is 6.47. The Labute approximate surface area is 94.0 Å². The second kappa shape index (κ2) is 3.76. The van der Waals surface area contributed by atoms with E-state index in [0.717, 1.165) is 35.8 Å². The maximum atomic E-state index is 3.99. The third-order valence-electron chi connectivity index (χ3n) is 5.63. The quantitative estimate of drug-likeness (QED) is 0.733. The smallest absolute Gasteiger partial charge is 0.0101 e. The third-order valence-corrected chi connectivity index (χ3v) is 5.63. The lowest BCUT2D eigenvalue weighted by Gasteiger charge is -2.29. The highest BCUT2D eigenvalue weighted by Crippen LogP contribution is 2.45. The predicted octanol–water partition coefficient (Wildman–Crippen LogP) is 3.20. The van der Waals surface area contributed by atoms with Gasteiger partial charge in [-0.05, 0) is 55.8 Å². The van der Waals surface area contributed by atoms with E-state index in [4.69, 9.17) is 0 Å². The van der Waals surface area contributed by atoms with E-state index in [9.17, 15) is 0 Å². The van der Waals surface area contributed by atoms with E-state index in [1.54, 1.807) is 0 Å². The average molecular weight is 207 g/mol. The summed E-state index contributed by atoms with van der Waals surface area (Å²) in [7, 11) is 0. The number of hydrogen-bond acceptors (Lipinski definition) is 1. The van der Waals surface area contributed by atoms with Crippen molar-refractivity contribution >= 4 is 0 Å². The van der Waals surface area contributed by atoms with Crippen LogP contribution in [0.1, 0.15) is 52.4 Å². The molecule has 3 fully saturated rings. The SMILES string of the molecule is CC1CCC(NC2CC3CCC2C3)C1C. The van der Waals surface area contributed by atoms with Crippen molar-refractivity contribution in [2.45, 2.75) is 64.5 Å². The zero-order valence-corrected chi connectivity index (χ0v) is 10.2. The lowest BCUT2D eigenvalue weighted by molar-refractivity contribution is 0.279. The average Bonchev–Trinajstić information content (AvgIpc) is 2.89. The standard InChI is InChI=1S/C14H25N/c1-9-3-6-13(10(9)2)15-14-8-11-4-5-12(14)7-11/h9-15H,3-8H2,1-2H3. The minimum absolute atomic E-state index is 0.837. The predicted molar refractivity (Wildman–Crippen MR) is 63.7 cm³/mol. The zero-order valence-electron chi connectivity index (χ0n) is 10.2. The highest BCUT2D eigenvalue weighted by molar-refractivity contribution is 4.97. The molecule has 3 aliphatic rings. The minimum atomic E-state index is 0.837. The Bertz CT molecular complexity index is 235. The fraction of sp³-hybridized carbons (Fsp3) is 1.00. The summed E-state index contributed by atoms with van der Waals surface area (Å²) in [6.45, 7) is 4.87. The Morgan fingerprint density at radius 1 is 0.867 bits per heavy atom. The fourth-order valence-electron chi connectivity index (χ4n) is 4.32. The van der Waals surface area contributed by atoms with Gasteiger partial charge in [0.05, 0.1) is 0 Å². The van der Waals surface area contributed by atoms with E-state index < -0.39 is 0 Å². The molecular weight excluding hydrogens is 182 g/mol. The van der Waals surface area contributed by atoms with Crippen LogP contribution in [-0.4, -0.2) is 12.1 Å². The highest BCUT2D eigenvalue weighted by Gasteiger charge is 2.41. The molecule has 1 heteroatoms. The minimum Gasteiger partial charge on any atom is -0.311 e. The maximum Gasteiger partial charge on any atom is 0.0101 e. The van der Waals surface area contributed by atoms with Gasteiger partial charge in [0.2, 0.25) is 0 Å². The third kappa shape index (κ3) is 1.73. The first-order chi connectivity index (χ1) is 7.24. The van der Waals surface area contributed by atoms with Crippen molar-refractivity contribution in [3.05, 3.63) is 0 Å². The molecule has 3 aliphatic carbocycles. The van der Waals surface area contributed by atoms with Crippen molar-refractivity contribution < 1.29 is 0 Å². The van der Waals surface area contributed by atoms with E-state index >= 15 is 0 Å². The molecule has 0 heterocycles. The molecule has 0 spiro atoms. The van der Waals surface area contributed by atoms with Gasteiger partial charge in [0, 0.05) is 12.1 Å². The lowest BCUT2D eigenvalue weighted by atomic mass is 9.92. The number of hydrogen-bond donors (Lipinski definition) is 1. The summed E-state index contributed by atoms with van der Waals surface area (Å²) < 4.78 is 0. The summed E-state index contributed by atoms with van der Waals surface area (Å²) in [5.74, 6) is 3.98. The van der Waals surface area contributed by atoms with Crippen molar-refractivity contribution in [3.8, 4) is 0 Å². The van der Waals surface area contributed by atoms with Gasteiger partial charge in [0.1, 0.15) is 0 Å². The summed E-state index contributed by atoms with van der Waals surface area (Å²) in [6.07, 6.45) is 8.94. The largest absolute Gasteiger partial charge is 0.311 e. The van der Waals surface area contributed by atoms with E-state index in [0.29, 0.717) is 0 Å². The van der Waals surface area contributed by atoms with E-state index in [1.807, 2.05) is 0 Å². The summed E-state index contributed by atoms with van der Waals surface area (Å²) in [6, 6.07) is 1.73. The van der Waals surface area contributed by atoms with Crippen LogP contribution < -0.4 is 5.32 Å². The number of fused-ring (bicyclic) bond motifs is 2. The Morgan fingerprint density at radius 2 is 1.73 bits per heavy atom. The molecule has 1 nitrogen and oxygen atoms in total. The van der Waals surface area contributed by atoms with E-state index in [2.05, 4.69) is 19.2 Å². The van der Waals surface area contributed by atoms with Gasteiger partial charge in [-0.1, -0.05) is 20.3 Å². The monoisotopic (exact) mass is 207 g/mol. The van der Waals surface area contributed by atoms with Gasteiger partial charge >= 0.3 is 0 Å². The highest BCUT2D eigenvalue weighted by atomic mass is 15.0. The van der Waals surface area contributed by atoms with Crippen LogP contribution in [0.25, 0.3) is 0 Å². The molecule has 6 unspecified atom stereocenters. The van der Waals surface area contributed by atoms with Crippen molar-refractivity contribution in [3.63, 3.8) is 0 Å². The van der Waals surface area contributed by atoms with Crippen molar-refractivity contribution in [1.29, 1.82) is 0 Å². The molecule has 0 aromatic rings. The van der Waals surface area contributed by atoms with Crippen molar-refractivity contribution in [1.82, 2.24) is 5.32 Å². The lowest BCUT2D eigenvalue weighted by Crippen LogP contribution is -2.43. The molecule has 0 aliphatic heterocycles. The van der Waals surface area contributed by atoms with Crippen LogP contribution in [0, 0.1) is 23.7 Å². The first-order valence-corrected chi connectivity index (χ1v) is 7.00. The van der Waals surface area contributed by atoms with Crippen LogP contribution in [0.15, 0.2) is 0 Å². The van der Waals surface area contributed by atoms with Gasteiger partial charge in [0.15, 0.2) is 0 Å². The molecule has 3 saturated carbocycles. The molecule has 0 amide bonds. The zero-order chi connectivity index (χ0) is 10.4. The number of nitrogens with one attached hydrogen (secondary N) is 1. The Morgan fingerprint density at radius 3 is 2.27 bits per heavy atom. The second-order valence-corrected chi connectivity index (χ2v) is 6.47. The van der Waals surface area contributed by atoms with Crippen LogP contribution >= 0.6 is 0 Å². The van der Waals surface area contributed by atoms with Crippen molar-refractivity contribution in [2.75, 3.05) is 0 Å². The number of rotatable bonds is 2. The maximum absolute atomic E-state index is 3.99. The summed E-state index contributed by atoms with van der Waals surface area (Å²) in [5, 5.41) is 3.99. The molecule has 0 saturated heterocycles. The molecule has 6 atom stereocenters. The Hall–Kier alpha value is -0.0400. The summed E-state index contributed by atoms with van der Waals surface area (Å²) in [4.78, 5) is 0. The van der Waals surface area contributed by atoms with Crippen LogP contribution in [0.2, 0.25) is 0 Å².